The van der Waals surface area contributed by atoms with E-state index in [1.807, 2.05) is 0 Å². The molecule has 1 aromatic rings. The molecule has 2 rings (SSSR count). The summed E-state index contributed by atoms with van der Waals surface area (Å²) in [6, 6.07) is 10.6. The monoisotopic (exact) mass is 264 g/mol. The number of hydrogen-bond donors (Lipinski definition) is 1. The second-order valence-corrected chi connectivity index (χ2v) is 4.81. The molecule has 98 valence electrons. The van der Waals surface area contributed by atoms with Crippen LogP contribution in [0.3, 0.4) is 0 Å². The van der Waals surface area contributed by atoms with Gasteiger partial charge in [0.1, 0.15) is 0 Å². The molecule has 1 N–H and O–H groups in total. The average molecular weight is 264 g/mol. The molecule has 0 spiro atoms. The van der Waals surface area contributed by atoms with Crippen molar-refractivity contribution in [3.8, 4) is 0 Å². The van der Waals surface area contributed by atoms with E-state index in [2.05, 4.69) is 40.5 Å². The van der Waals surface area contributed by atoms with Crippen molar-refractivity contribution in [2.24, 2.45) is 0 Å². The van der Waals surface area contributed by atoms with Gasteiger partial charge in [0, 0.05) is 19.6 Å². The van der Waals surface area contributed by atoms with E-state index in [0.29, 0.717) is 0 Å². The summed E-state index contributed by atoms with van der Waals surface area (Å²) >= 11 is 5.36. The first kappa shape index (κ1) is 13.3. The zero-order valence-corrected chi connectivity index (χ0v) is 11.4. The highest BCUT2D eigenvalue weighted by atomic mass is 32.1. The third kappa shape index (κ3) is 4.27. The zero-order chi connectivity index (χ0) is 12.6. The van der Waals surface area contributed by atoms with Gasteiger partial charge in [0.2, 0.25) is 0 Å². The Hall–Kier alpha value is -1.13. The van der Waals surface area contributed by atoms with E-state index in [0.717, 1.165) is 50.8 Å². The van der Waals surface area contributed by atoms with Gasteiger partial charge in [-0.2, -0.15) is 0 Å². The minimum atomic E-state index is 0.784. The Morgan fingerprint density at radius 2 is 1.94 bits per heavy atom. The molecule has 1 saturated heterocycles. The van der Waals surface area contributed by atoms with Gasteiger partial charge in [-0.1, -0.05) is 30.3 Å². The molecule has 0 aromatic heterocycles. The molecule has 0 aliphatic carbocycles. The van der Waals surface area contributed by atoms with Gasteiger partial charge in [-0.25, -0.2) is 0 Å². The predicted octanol–water partition coefficient (Wildman–Crippen LogP) is 1.83. The van der Waals surface area contributed by atoms with Crippen molar-refractivity contribution in [2.75, 3.05) is 32.8 Å². The standard InChI is InChI=1S/C14H20N2OS/c18-14(16-9-11-17-12-10-16)15-8-4-7-13-5-2-1-3-6-13/h1-3,5-6H,4,7-12H2,(H,15,18). The normalized spacial score (nSPS) is 15.4. The Labute approximate surface area is 114 Å². The van der Waals surface area contributed by atoms with Gasteiger partial charge < -0.3 is 15.0 Å². The van der Waals surface area contributed by atoms with Gasteiger partial charge in [-0.05, 0) is 30.6 Å². The maximum Gasteiger partial charge on any atom is 0.169 e. The van der Waals surface area contributed by atoms with Crippen molar-refractivity contribution >= 4 is 17.3 Å². The molecule has 0 radical (unpaired) electrons. The van der Waals surface area contributed by atoms with Crippen LogP contribution in [-0.2, 0) is 11.2 Å². The second-order valence-electron chi connectivity index (χ2n) is 4.42. The van der Waals surface area contributed by atoms with E-state index in [-0.39, 0.29) is 0 Å². The number of aryl methyl sites for hydroxylation is 1. The maximum atomic E-state index is 5.36. The van der Waals surface area contributed by atoms with E-state index in [9.17, 15) is 0 Å². The summed E-state index contributed by atoms with van der Waals surface area (Å²) in [6.07, 6.45) is 2.20. The van der Waals surface area contributed by atoms with Crippen molar-refractivity contribution in [3.05, 3.63) is 35.9 Å². The zero-order valence-electron chi connectivity index (χ0n) is 10.6. The van der Waals surface area contributed by atoms with Crippen LogP contribution in [0.5, 0.6) is 0 Å². The number of ether oxygens (including phenoxy) is 1. The lowest BCUT2D eigenvalue weighted by Crippen LogP contribution is -2.46. The third-order valence-electron chi connectivity index (χ3n) is 3.06. The molecule has 0 amide bonds. The van der Waals surface area contributed by atoms with Gasteiger partial charge in [0.25, 0.3) is 0 Å². The first-order valence-electron chi connectivity index (χ1n) is 6.51. The van der Waals surface area contributed by atoms with Crippen molar-refractivity contribution in [2.45, 2.75) is 12.8 Å². The highest BCUT2D eigenvalue weighted by Crippen LogP contribution is 2.02. The molecule has 3 nitrogen and oxygen atoms in total. The number of morpholine rings is 1. The van der Waals surface area contributed by atoms with E-state index < -0.39 is 0 Å². The van der Waals surface area contributed by atoms with Crippen LogP contribution in [0.25, 0.3) is 0 Å². The summed E-state index contributed by atoms with van der Waals surface area (Å²) in [4.78, 5) is 2.18. The van der Waals surface area contributed by atoms with Crippen LogP contribution >= 0.6 is 12.2 Å². The number of rotatable bonds is 4. The highest BCUT2D eigenvalue weighted by molar-refractivity contribution is 7.80. The van der Waals surface area contributed by atoms with Crippen LogP contribution in [0.15, 0.2) is 30.3 Å². The molecular weight excluding hydrogens is 244 g/mol. The first-order chi connectivity index (χ1) is 8.86. The highest BCUT2D eigenvalue weighted by Gasteiger charge is 2.12. The minimum absolute atomic E-state index is 0.784. The van der Waals surface area contributed by atoms with Crippen LogP contribution in [-0.4, -0.2) is 42.9 Å². The third-order valence-corrected chi connectivity index (χ3v) is 3.46. The van der Waals surface area contributed by atoms with Crippen LogP contribution in [0.1, 0.15) is 12.0 Å². The molecular formula is C14H20N2OS. The number of nitrogens with one attached hydrogen (secondary N) is 1. The molecule has 1 aromatic carbocycles. The largest absolute Gasteiger partial charge is 0.378 e. The fraction of sp³-hybridized carbons (Fsp3) is 0.500. The van der Waals surface area contributed by atoms with Gasteiger partial charge in [-0.15, -0.1) is 0 Å². The molecule has 1 heterocycles. The minimum Gasteiger partial charge on any atom is -0.378 e. The van der Waals surface area contributed by atoms with Gasteiger partial charge in [0.15, 0.2) is 5.11 Å². The van der Waals surface area contributed by atoms with Crippen LogP contribution in [0, 0.1) is 0 Å². The smallest absolute Gasteiger partial charge is 0.169 e. The molecule has 0 bridgehead atoms. The Bertz CT molecular complexity index is 363. The number of benzene rings is 1. The van der Waals surface area contributed by atoms with Gasteiger partial charge in [-0.3, -0.25) is 0 Å². The molecule has 1 aliphatic rings. The number of nitrogens with zero attached hydrogens (tertiary/aromatic N) is 1. The van der Waals surface area contributed by atoms with Gasteiger partial charge >= 0.3 is 0 Å². The van der Waals surface area contributed by atoms with Crippen molar-refractivity contribution in [1.82, 2.24) is 10.2 Å². The Morgan fingerprint density at radius 1 is 1.22 bits per heavy atom. The van der Waals surface area contributed by atoms with Gasteiger partial charge in [0.05, 0.1) is 13.2 Å². The molecule has 0 atom stereocenters. The summed E-state index contributed by atoms with van der Waals surface area (Å²) in [5, 5.41) is 4.19. The Morgan fingerprint density at radius 3 is 2.67 bits per heavy atom. The lowest BCUT2D eigenvalue weighted by Gasteiger charge is -2.29. The molecule has 1 fully saturated rings. The summed E-state index contributed by atoms with van der Waals surface area (Å²) in [7, 11) is 0. The fourth-order valence-corrected chi connectivity index (χ4v) is 2.30. The van der Waals surface area contributed by atoms with Crippen molar-refractivity contribution < 1.29 is 4.74 Å². The maximum absolute atomic E-state index is 5.36. The van der Waals surface area contributed by atoms with Crippen molar-refractivity contribution in [1.29, 1.82) is 0 Å². The molecule has 4 heteroatoms. The lowest BCUT2D eigenvalue weighted by atomic mass is 10.1. The lowest BCUT2D eigenvalue weighted by molar-refractivity contribution is 0.0677. The van der Waals surface area contributed by atoms with Crippen LogP contribution in [0.2, 0.25) is 0 Å². The Balaban J connectivity index is 1.61. The van der Waals surface area contributed by atoms with E-state index in [4.69, 9.17) is 17.0 Å². The summed E-state index contributed by atoms with van der Waals surface area (Å²) in [6.45, 7) is 4.32. The molecule has 0 unspecified atom stereocenters. The second kappa shape index (κ2) is 7.34. The first-order valence-corrected chi connectivity index (χ1v) is 6.91. The average Bonchev–Trinajstić information content (AvgIpc) is 2.45. The Kier molecular flexibility index (Phi) is 5.42. The predicted molar refractivity (Wildman–Crippen MR) is 77.8 cm³/mol. The summed E-state index contributed by atoms with van der Waals surface area (Å²) in [5.74, 6) is 0. The molecule has 0 saturated carbocycles. The van der Waals surface area contributed by atoms with E-state index >= 15 is 0 Å². The topological polar surface area (TPSA) is 24.5 Å². The number of thiocarbonyl (C=S) groups is 1. The van der Waals surface area contributed by atoms with Crippen LogP contribution in [0.4, 0.5) is 0 Å². The SMILES string of the molecule is S=C(NCCCc1ccccc1)N1CCOCC1. The summed E-state index contributed by atoms with van der Waals surface area (Å²) in [5.41, 5.74) is 1.39. The fourth-order valence-electron chi connectivity index (χ4n) is 2.01. The van der Waals surface area contributed by atoms with Crippen LogP contribution < -0.4 is 5.32 Å². The van der Waals surface area contributed by atoms with Crippen molar-refractivity contribution in [3.63, 3.8) is 0 Å². The quantitative estimate of drug-likeness (QED) is 0.662. The number of hydrogen-bond acceptors (Lipinski definition) is 2. The van der Waals surface area contributed by atoms with E-state index in [1.165, 1.54) is 5.56 Å². The van der Waals surface area contributed by atoms with E-state index in [1.54, 1.807) is 0 Å². The molecule has 18 heavy (non-hydrogen) atoms. The molecule has 1 aliphatic heterocycles. The summed E-state index contributed by atoms with van der Waals surface area (Å²) < 4.78 is 5.30.